The second-order valence-electron chi connectivity index (χ2n) is 10.7. The number of benzene rings is 3. The van der Waals surface area contributed by atoms with Crippen molar-refractivity contribution in [2.45, 2.75) is 58.2 Å². The third-order valence-electron chi connectivity index (χ3n) is 7.34. The molecular formula is C35H36F3N3O5S. The molecule has 0 saturated carbocycles. The fraction of sp³-hybridized carbons (Fsp3) is 0.314. The van der Waals surface area contributed by atoms with Gasteiger partial charge in [-0.15, -0.1) is 24.5 Å². The number of amides is 2. The van der Waals surface area contributed by atoms with Gasteiger partial charge in [-0.3, -0.25) is 14.4 Å². The van der Waals surface area contributed by atoms with Crippen LogP contribution in [0.4, 0.5) is 18.9 Å². The summed E-state index contributed by atoms with van der Waals surface area (Å²) in [6.07, 6.45) is -1.71. The van der Waals surface area contributed by atoms with Gasteiger partial charge in [0.15, 0.2) is 0 Å². The van der Waals surface area contributed by atoms with Gasteiger partial charge in [-0.25, -0.2) is 4.98 Å². The average Bonchev–Trinajstić information content (AvgIpc) is 3.47. The van der Waals surface area contributed by atoms with Crippen LogP contribution in [0.25, 0.3) is 10.4 Å². The molecule has 4 rings (SSSR count). The number of carbonyl (C=O) groups is 3. The highest BCUT2D eigenvalue weighted by Gasteiger charge is 2.33. The molecular weight excluding hydrogens is 631 g/mol. The van der Waals surface area contributed by atoms with Crippen LogP contribution in [0.3, 0.4) is 0 Å². The van der Waals surface area contributed by atoms with Crippen molar-refractivity contribution in [3.8, 4) is 16.2 Å². The minimum absolute atomic E-state index is 0.0491. The lowest BCUT2D eigenvalue weighted by Crippen LogP contribution is -2.27. The maximum Gasteiger partial charge on any atom is 0.573 e. The third kappa shape index (κ3) is 10.1. The first-order valence-corrected chi connectivity index (χ1v) is 16.0. The first-order valence-electron chi connectivity index (χ1n) is 15.2. The van der Waals surface area contributed by atoms with Crippen LogP contribution in [0, 0.1) is 6.92 Å². The third-order valence-corrected chi connectivity index (χ3v) is 8.30. The van der Waals surface area contributed by atoms with Gasteiger partial charge in [0.05, 0.1) is 28.8 Å². The molecule has 0 spiro atoms. The number of esters is 1. The van der Waals surface area contributed by atoms with E-state index in [0.717, 1.165) is 21.0 Å². The second-order valence-corrected chi connectivity index (χ2v) is 12.0. The van der Waals surface area contributed by atoms with Crippen LogP contribution in [-0.2, 0) is 14.3 Å². The zero-order valence-corrected chi connectivity index (χ0v) is 27.0. The van der Waals surface area contributed by atoms with Crippen molar-refractivity contribution >= 4 is 34.8 Å². The summed E-state index contributed by atoms with van der Waals surface area (Å²) in [5.41, 5.74) is 3.18. The van der Waals surface area contributed by atoms with Crippen LogP contribution in [-0.4, -0.2) is 42.3 Å². The van der Waals surface area contributed by atoms with E-state index < -0.39 is 18.2 Å². The molecule has 0 bridgehead atoms. The molecule has 0 aliphatic carbocycles. The van der Waals surface area contributed by atoms with E-state index in [9.17, 15) is 27.6 Å². The van der Waals surface area contributed by atoms with Gasteiger partial charge < -0.3 is 20.1 Å². The van der Waals surface area contributed by atoms with Crippen LogP contribution in [0.1, 0.15) is 71.4 Å². The predicted octanol–water partition coefficient (Wildman–Crippen LogP) is 8.01. The second kappa shape index (κ2) is 16.2. The molecule has 8 nitrogen and oxygen atoms in total. The van der Waals surface area contributed by atoms with Crippen LogP contribution >= 0.6 is 11.3 Å². The Labute approximate surface area is 275 Å². The Bertz CT molecular complexity index is 1640. The summed E-state index contributed by atoms with van der Waals surface area (Å²) < 4.78 is 47.5. The lowest BCUT2D eigenvalue weighted by Gasteiger charge is -2.28. The van der Waals surface area contributed by atoms with E-state index in [1.165, 1.54) is 24.3 Å². The first-order chi connectivity index (χ1) is 22.5. The smallest absolute Gasteiger partial charge is 0.466 e. The molecule has 4 aromatic rings. The van der Waals surface area contributed by atoms with Crippen LogP contribution in [0.2, 0.25) is 0 Å². The van der Waals surface area contributed by atoms with Crippen LogP contribution < -0.4 is 15.4 Å². The van der Waals surface area contributed by atoms with Crippen molar-refractivity contribution < 1.29 is 37.0 Å². The Morgan fingerprint density at radius 1 is 0.915 bits per heavy atom. The Kier molecular flexibility index (Phi) is 12.1. The van der Waals surface area contributed by atoms with Gasteiger partial charge in [-0.2, -0.15) is 0 Å². The summed E-state index contributed by atoms with van der Waals surface area (Å²) in [4.78, 5) is 43.6. The Morgan fingerprint density at radius 2 is 1.57 bits per heavy atom. The van der Waals surface area contributed by atoms with E-state index in [1.807, 2.05) is 26.0 Å². The Morgan fingerprint density at radius 3 is 2.15 bits per heavy atom. The summed E-state index contributed by atoms with van der Waals surface area (Å²) in [5, 5.41) is 6.63. The number of hydrogen-bond donors (Lipinski definition) is 2. The van der Waals surface area contributed by atoms with Gasteiger partial charge in [-0.05, 0) is 79.3 Å². The molecule has 3 aromatic carbocycles. The number of ether oxygens (including phenoxy) is 2. The number of nitrogens with zero attached hydrogens (tertiary/aromatic N) is 1. The number of alkyl halides is 3. The Hall–Kier alpha value is -4.71. The number of aromatic nitrogens is 1. The summed E-state index contributed by atoms with van der Waals surface area (Å²) in [7, 11) is 0. The van der Waals surface area contributed by atoms with Gasteiger partial charge in [-0.1, -0.05) is 49.7 Å². The molecule has 2 amide bonds. The number of anilines is 1. The standard InChI is InChI=1S/C35H36F3N3O5S/c1-4-6-29(23-7-9-26(10-8-23)33(43)39-20-19-31(42)45-5-2)32(25-13-17-28(18-14-25)46-35(36,37)38)34(44)41-27-15-11-24(12-16-27)30-21-40-22(3)47-30/h7-18,21,29,32H,4-6,19-20H2,1-3H3,(H,39,43)(H,41,44)/t29-,32+/m1/s1. The summed E-state index contributed by atoms with van der Waals surface area (Å²) in [6, 6.07) is 19.5. The molecule has 0 unspecified atom stereocenters. The maximum absolute atomic E-state index is 14.0. The molecule has 0 aliphatic rings. The van der Waals surface area contributed by atoms with Gasteiger partial charge >= 0.3 is 12.3 Å². The van der Waals surface area contributed by atoms with Crippen molar-refractivity contribution in [3.05, 3.63) is 101 Å². The van der Waals surface area contributed by atoms with E-state index in [4.69, 9.17) is 4.74 Å². The molecule has 1 heterocycles. The topological polar surface area (TPSA) is 107 Å². The van der Waals surface area contributed by atoms with E-state index in [2.05, 4.69) is 20.4 Å². The largest absolute Gasteiger partial charge is 0.573 e. The lowest BCUT2D eigenvalue weighted by molar-refractivity contribution is -0.274. The minimum Gasteiger partial charge on any atom is -0.466 e. The van der Waals surface area contributed by atoms with Crippen molar-refractivity contribution in [1.29, 1.82) is 0 Å². The molecule has 0 saturated heterocycles. The number of nitrogens with one attached hydrogen (secondary N) is 2. The fourth-order valence-electron chi connectivity index (χ4n) is 5.21. The van der Waals surface area contributed by atoms with E-state index in [0.29, 0.717) is 29.7 Å². The summed E-state index contributed by atoms with van der Waals surface area (Å²) >= 11 is 1.56. The Balaban J connectivity index is 1.59. The molecule has 248 valence electrons. The molecule has 47 heavy (non-hydrogen) atoms. The number of rotatable bonds is 14. The molecule has 0 radical (unpaired) electrons. The number of carbonyl (C=O) groups excluding carboxylic acids is 3. The zero-order chi connectivity index (χ0) is 34.0. The molecule has 12 heteroatoms. The van der Waals surface area contributed by atoms with Crippen LogP contribution in [0.15, 0.2) is 79.0 Å². The predicted molar refractivity (Wildman–Crippen MR) is 174 cm³/mol. The number of thiazole rings is 1. The van der Waals surface area contributed by atoms with Crippen molar-refractivity contribution in [2.24, 2.45) is 0 Å². The zero-order valence-electron chi connectivity index (χ0n) is 26.2. The number of halogens is 3. The monoisotopic (exact) mass is 667 g/mol. The normalized spacial score (nSPS) is 12.6. The summed E-state index contributed by atoms with van der Waals surface area (Å²) in [6.45, 7) is 6.00. The summed E-state index contributed by atoms with van der Waals surface area (Å²) in [5.74, 6) is -2.66. The van der Waals surface area contributed by atoms with Crippen molar-refractivity contribution in [1.82, 2.24) is 10.3 Å². The van der Waals surface area contributed by atoms with E-state index in [1.54, 1.807) is 60.9 Å². The highest BCUT2D eigenvalue weighted by molar-refractivity contribution is 7.15. The molecule has 2 atom stereocenters. The quantitative estimate of drug-likeness (QED) is 0.132. The number of aryl methyl sites for hydroxylation is 1. The van der Waals surface area contributed by atoms with E-state index in [-0.39, 0.29) is 43.1 Å². The van der Waals surface area contributed by atoms with E-state index >= 15 is 0 Å². The van der Waals surface area contributed by atoms with Crippen LogP contribution in [0.5, 0.6) is 5.75 Å². The van der Waals surface area contributed by atoms with Gasteiger partial charge in [0, 0.05) is 24.0 Å². The highest BCUT2D eigenvalue weighted by atomic mass is 32.1. The molecule has 0 aliphatic heterocycles. The molecule has 1 aromatic heterocycles. The highest BCUT2D eigenvalue weighted by Crippen LogP contribution is 2.39. The SMILES string of the molecule is CCC[C@H](c1ccc(C(=O)NCCC(=O)OCC)cc1)[C@@H](C(=O)Nc1ccc(-c2cnc(C)s2)cc1)c1ccc(OC(F)(F)F)cc1. The number of hydrogen-bond acceptors (Lipinski definition) is 7. The average molecular weight is 668 g/mol. The molecule has 0 fully saturated rings. The fourth-order valence-corrected chi connectivity index (χ4v) is 5.99. The lowest BCUT2D eigenvalue weighted by atomic mass is 9.78. The van der Waals surface area contributed by atoms with Gasteiger partial charge in [0.25, 0.3) is 5.91 Å². The molecule has 2 N–H and O–H groups in total. The van der Waals surface area contributed by atoms with Crippen molar-refractivity contribution in [3.63, 3.8) is 0 Å². The van der Waals surface area contributed by atoms with Crippen molar-refractivity contribution in [2.75, 3.05) is 18.5 Å². The first kappa shape index (κ1) is 35.1. The van der Waals surface area contributed by atoms with Gasteiger partial charge in [0.1, 0.15) is 5.75 Å². The van der Waals surface area contributed by atoms with Gasteiger partial charge in [0.2, 0.25) is 5.91 Å². The maximum atomic E-state index is 14.0. The minimum atomic E-state index is -4.85.